The van der Waals surface area contributed by atoms with Crippen molar-refractivity contribution in [2.24, 2.45) is 0 Å². The molecule has 0 heterocycles. The van der Waals surface area contributed by atoms with Gasteiger partial charge in [-0.3, -0.25) is 4.79 Å². The normalized spacial score (nSPS) is 10.8. The highest BCUT2D eigenvalue weighted by Gasteiger charge is 2.09. The first-order chi connectivity index (χ1) is 12.3. The number of hydrogen-bond acceptors (Lipinski definition) is 1. The third-order valence-corrected chi connectivity index (χ3v) is 4.08. The molecule has 0 atom stereocenters. The molecule has 0 aliphatic heterocycles. The summed E-state index contributed by atoms with van der Waals surface area (Å²) in [5.74, 6) is -0.0995. The smallest absolute Gasteiger partial charge is 0.256 e. The minimum atomic E-state index is -0.0995. The van der Waals surface area contributed by atoms with Crippen LogP contribution in [0, 0.1) is 0 Å². The molecule has 1 amide bonds. The number of carbonyl (C=O) groups is 1. The van der Waals surface area contributed by atoms with Crippen LogP contribution in [0.5, 0.6) is 0 Å². The molecule has 3 rings (SSSR count). The monoisotopic (exact) mass is 327 g/mol. The molecule has 124 valence electrons. The second-order valence-corrected chi connectivity index (χ2v) is 5.84. The van der Waals surface area contributed by atoms with Gasteiger partial charge in [0.1, 0.15) is 0 Å². The summed E-state index contributed by atoms with van der Waals surface area (Å²) in [6.45, 7) is 2.11. The van der Waals surface area contributed by atoms with E-state index >= 15 is 0 Å². The number of anilines is 1. The molecule has 3 aromatic rings. The fourth-order valence-corrected chi connectivity index (χ4v) is 2.62. The Bertz CT molecular complexity index is 864. The van der Waals surface area contributed by atoms with Gasteiger partial charge in [-0.2, -0.15) is 0 Å². The molecule has 0 radical (unpaired) electrons. The Hall–Kier alpha value is -3.13. The van der Waals surface area contributed by atoms with Gasteiger partial charge >= 0.3 is 0 Å². The van der Waals surface area contributed by atoms with Crippen LogP contribution < -0.4 is 5.32 Å². The lowest BCUT2D eigenvalue weighted by Gasteiger charge is -2.08. The largest absolute Gasteiger partial charge is 0.322 e. The van der Waals surface area contributed by atoms with E-state index < -0.39 is 0 Å². The van der Waals surface area contributed by atoms with Crippen molar-refractivity contribution in [1.82, 2.24) is 0 Å². The van der Waals surface area contributed by atoms with Crippen LogP contribution in [-0.2, 0) is 6.42 Å². The molecule has 3 aromatic carbocycles. The Morgan fingerprint density at radius 3 is 2.24 bits per heavy atom. The van der Waals surface area contributed by atoms with Crippen LogP contribution in [0.1, 0.15) is 34.0 Å². The van der Waals surface area contributed by atoms with Crippen LogP contribution in [0.25, 0.3) is 12.2 Å². The summed E-state index contributed by atoms with van der Waals surface area (Å²) in [6, 6.07) is 25.6. The number of amides is 1. The van der Waals surface area contributed by atoms with Gasteiger partial charge < -0.3 is 5.32 Å². The fraction of sp³-hybridized carbons (Fsp3) is 0.0870. The zero-order valence-corrected chi connectivity index (χ0v) is 14.3. The first kappa shape index (κ1) is 16.7. The maximum absolute atomic E-state index is 12.7. The average Bonchev–Trinajstić information content (AvgIpc) is 2.68. The first-order valence-electron chi connectivity index (χ1n) is 8.48. The van der Waals surface area contributed by atoms with E-state index in [-0.39, 0.29) is 5.91 Å². The van der Waals surface area contributed by atoms with E-state index in [1.807, 2.05) is 91.0 Å². The number of carbonyl (C=O) groups excluding carboxylic acids is 1. The molecular weight excluding hydrogens is 306 g/mol. The molecule has 0 spiro atoms. The Kier molecular flexibility index (Phi) is 5.43. The van der Waals surface area contributed by atoms with Crippen LogP contribution >= 0.6 is 0 Å². The minimum absolute atomic E-state index is 0.0995. The molecule has 0 aliphatic rings. The summed E-state index contributed by atoms with van der Waals surface area (Å²) >= 11 is 0. The highest BCUT2D eigenvalue weighted by molar-refractivity contribution is 6.07. The topological polar surface area (TPSA) is 29.1 Å². The molecule has 2 heteroatoms. The predicted molar refractivity (Wildman–Crippen MR) is 106 cm³/mol. The van der Waals surface area contributed by atoms with E-state index in [1.54, 1.807) is 0 Å². The molecule has 0 saturated carbocycles. The highest BCUT2D eigenvalue weighted by atomic mass is 16.1. The Morgan fingerprint density at radius 1 is 0.840 bits per heavy atom. The zero-order chi connectivity index (χ0) is 17.5. The summed E-state index contributed by atoms with van der Waals surface area (Å²) in [6.07, 6.45) is 4.98. The lowest BCUT2D eigenvalue weighted by atomic mass is 10.0. The Balaban J connectivity index is 1.79. The van der Waals surface area contributed by atoms with Gasteiger partial charge in [-0.05, 0) is 41.3 Å². The molecule has 1 N–H and O–H groups in total. The van der Waals surface area contributed by atoms with Crippen LogP contribution in [0.3, 0.4) is 0 Å². The van der Waals surface area contributed by atoms with E-state index in [1.165, 1.54) is 5.56 Å². The standard InChI is InChI=1S/C23H21NO/c1-2-18-13-16-21(17-14-18)24-23(25)22-11-7-6-10-20(22)15-12-19-8-4-3-5-9-19/h3-17H,2H2,1H3,(H,24,25)/b15-12+. The van der Waals surface area contributed by atoms with E-state index in [0.29, 0.717) is 5.56 Å². The van der Waals surface area contributed by atoms with E-state index in [2.05, 4.69) is 12.2 Å². The van der Waals surface area contributed by atoms with Gasteiger partial charge in [0.15, 0.2) is 0 Å². The summed E-state index contributed by atoms with van der Waals surface area (Å²) < 4.78 is 0. The van der Waals surface area contributed by atoms with Gasteiger partial charge in [-0.15, -0.1) is 0 Å². The molecule has 2 nitrogen and oxygen atoms in total. The lowest BCUT2D eigenvalue weighted by molar-refractivity contribution is 0.102. The van der Waals surface area contributed by atoms with Crippen molar-refractivity contribution in [3.8, 4) is 0 Å². The van der Waals surface area contributed by atoms with E-state index in [9.17, 15) is 4.79 Å². The summed E-state index contributed by atoms with van der Waals surface area (Å²) in [5.41, 5.74) is 4.73. The van der Waals surface area contributed by atoms with Crippen molar-refractivity contribution >= 4 is 23.7 Å². The lowest BCUT2D eigenvalue weighted by Crippen LogP contribution is -2.13. The van der Waals surface area contributed by atoms with Gasteiger partial charge in [0.25, 0.3) is 5.91 Å². The SMILES string of the molecule is CCc1ccc(NC(=O)c2ccccc2/C=C/c2ccccc2)cc1. The summed E-state index contributed by atoms with van der Waals surface area (Å²) in [4.78, 5) is 12.7. The molecule has 0 saturated heterocycles. The van der Waals surface area contributed by atoms with Crippen LogP contribution in [0.15, 0.2) is 78.9 Å². The molecular formula is C23H21NO. The number of aryl methyl sites for hydroxylation is 1. The molecule has 0 unspecified atom stereocenters. The fourth-order valence-electron chi connectivity index (χ4n) is 2.62. The van der Waals surface area contributed by atoms with Crippen molar-refractivity contribution in [1.29, 1.82) is 0 Å². The first-order valence-corrected chi connectivity index (χ1v) is 8.48. The quantitative estimate of drug-likeness (QED) is 0.601. The van der Waals surface area contributed by atoms with Crippen molar-refractivity contribution in [3.05, 3.63) is 101 Å². The number of hydrogen-bond donors (Lipinski definition) is 1. The van der Waals surface area contributed by atoms with Gasteiger partial charge in [0.05, 0.1) is 0 Å². The summed E-state index contributed by atoms with van der Waals surface area (Å²) in [5, 5.41) is 2.98. The average molecular weight is 327 g/mol. The van der Waals surface area contributed by atoms with Crippen molar-refractivity contribution in [2.45, 2.75) is 13.3 Å². The van der Waals surface area contributed by atoms with Crippen molar-refractivity contribution in [3.63, 3.8) is 0 Å². The van der Waals surface area contributed by atoms with Crippen LogP contribution in [0.2, 0.25) is 0 Å². The zero-order valence-electron chi connectivity index (χ0n) is 14.3. The van der Waals surface area contributed by atoms with Gasteiger partial charge in [-0.25, -0.2) is 0 Å². The third kappa shape index (κ3) is 4.45. The predicted octanol–water partition coefficient (Wildman–Crippen LogP) is 5.67. The number of benzene rings is 3. The molecule has 0 fully saturated rings. The Labute approximate surface area is 148 Å². The minimum Gasteiger partial charge on any atom is -0.322 e. The van der Waals surface area contributed by atoms with Crippen LogP contribution in [0.4, 0.5) is 5.69 Å². The van der Waals surface area contributed by atoms with Gasteiger partial charge in [-0.1, -0.05) is 79.7 Å². The van der Waals surface area contributed by atoms with Gasteiger partial charge in [0.2, 0.25) is 0 Å². The van der Waals surface area contributed by atoms with Gasteiger partial charge in [0, 0.05) is 11.3 Å². The molecule has 0 aromatic heterocycles. The van der Waals surface area contributed by atoms with Crippen molar-refractivity contribution < 1.29 is 4.79 Å². The highest BCUT2D eigenvalue weighted by Crippen LogP contribution is 2.16. The van der Waals surface area contributed by atoms with Crippen LogP contribution in [-0.4, -0.2) is 5.91 Å². The van der Waals surface area contributed by atoms with E-state index in [0.717, 1.165) is 23.2 Å². The molecule has 0 bridgehead atoms. The molecule has 25 heavy (non-hydrogen) atoms. The molecule has 0 aliphatic carbocycles. The summed E-state index contributed by atoms with van der Waals surface area (Å²) in [7, 11) is 0. The number of rotatable bonds is 5. The number of nitrogens with one attached hydrogen (secondary N) is 1. The Morgan fingerprint density at radius 2 is 1.52 bits per heavy atom. The maximum Gasteiger partial charge on any atom is 0.256 e. The van der Waals surface area contributed by atoms with E-state index in [4.69, 9.17) is 0 Å². The second kappa shape index (κ2) is 8.11. The van der Waals surface area contributed by atoms with Crippen molar-refractivity contribution in [2.75, 3.05) is 5.32 Å². The maximum atomic E-state index is 12.7. The second-order valence-electron chi connectivity index (χ2n) is 5.84. The third-order valence-electron chi connectivity index (χ3n) is 4.08.